The maximum atomic E-state index is 11.5. The molecule has 3 heterocycles. The maximum Gasteiger partial charge on any atom is 0.490 e. The second kappa shape index (κ2) is 12.8. The van der Waals surface area contributed by atoms with Gasteiger partial charge < -0.3 is 15.3 Å². The van der Waals surface area contributed by atoms with Gasteiger partial charge in [0.15, 0.2) is 0 Å². The van der Waals surface area contributed by atoms with Crippen LogP contribution in [0, 0.1) is 6.92 Å². The molecule has 0 unspecified atom stereocenters. The largest absolute Gasteiger partial charge is 0.490 e. The molecule has 1 aromatic carbocycles. The van der Waals surface area contributed by atoms with Crippen molar-refractivity contribution < 1.29 is 51.3 Å². The Balaban J connectivity index is 0.000000276. The van der Waals surface area contributed by atoms with E-state index in [0.717, 1.165) is 57.0 Å². The summed E-state index contributed by atoms with van der Waals surface area (Å²) in [5.41, 5.74) is 4.94. The van der Waals surface area contributed by atoms with Crippen LogP contribution in [0.2, 0.25) is 0 Å². The average Bonchev–Trinajstić information content (AvgIpc) is 3.61. The van der Waals surface area contributed by atoms with Crippen LogP contribution in [0.3, 0.4) is 0 Å². The molecule has 2 atom stereocenters. The molecule has 3 aliphatic rings. The predicted octanol–water partition coefficient (Wildman–Crippen LogP) is 4.03. The van der Waals surface area contributed by atoms with Gasteiger partial charge in [-0.05, 0) is 76.0 Å². The molecule has 41 heavy (non-hydrogen) atoms. The highest BCUT2D eigenvalue weighted by Crippen LogP contribution is 2.53. The van der Waals surface area contributed by atoms with Gasteiger partial charge in [-0.3, -0.25) is 14.9 Å². The monoisotopic (exact) mass is 594 g/mol. The van der Waals surface area contributed by atoms with E-state index in [-0.39, 0.29) is 17.6 Å². The molecular weight excluding hydrogens is 562 g/mol. The lowest BCUT2D eigenvalue weighted by Crippen LogP contribution is -2.49. The van der Waals surface area contributed by atoms with Crippen molar-refractivity contribution in [3.8, 4) is 0 Å². The summed E-state index contributed by atoms with van der Waals surface area (Å²) >= 11 is 0. The number of halogens is 6. The fourth-order valence-corrected chi connectivity index (χ4v) is 5.72. The summed E-state index contributed by atoms with van der Waals surface area (Å²) in [6, 6.07) is 11.1. The molecule has 1 aliphatic carbocycles. The number of likely N-dealkylation sites (tertiary alicyclic amines) is 2. The number of fused-ring (bicyclic) bond motifs is 2. The number of hydrogen-bond donors (Lipinski definition) is 4. The van der Waals surface area contributed by atoms with Gasteiger partial charge in [-0.25, -0.2) is 9.59 Å². The molecule has 2 saturated heterocycles. The van der Waals surface area contributed by atoms with Crippen LogP contribution in [-0.2, 0) is 21.5 Å². The minimum absolute atomic E-state index is 0.0815. The lowest BCUT2D eigenvalue weighted by Gasteiger charge is -2.43. The molecular formula is C26H32F6N4O5. The van der Waals surface area contributed by atoms with Crippen molar-refractivity contribution in [1.82, 2.24) is 20.0 Å². The first-order chi connectivity index (χ1) is 19.1. The molecule has 0 bridgehead atoms. The molecule has 1 spiro atoms. The number of rotatable bonds is 3. The number of aliphatic carboxylic acids is 2. The number of H-pyrrole nitrogens is 1. The number of alkyl halides is 6. The number of aromatic amines is 1. The summed E-state index contributed by atoms with van der Waals surface area (Å²) < 4.78 is 63.5. The molecule has 1 aromatic heterocycles. The van der Waals surface area contributed by atoms with Gasteiger partial charge in [0.05, 0.1) is 17.8 Å². The average molecular weight is 595 g/mol. The van der Waals surface area contributed by atoms with Crippen molar-refractivity contribution in [2.45, 2.75) is 69.1 Å². The van der Waals surface area contributed by atoms with Crippen molar-refractivity contribution in [3.05, 3.63) is 52.8 Å². The fourth-order valence-electron chi connectivity index (χ4n) is 5.72. The summed E-state index contributed by atoms with van der Waals surface area (Å²) in [6.45, 7) is 7.22. The third kappa shape index (κ3) is 7.77. The van der Waals surface area contributed by atoms with Crippen molar-refractivity contribution in [2.24, 2.45) is 0 Å². The summed E-state index contributed by atoms with van der Waals surface area (Å²) in [5.74, 6) is -5.51. The van der Waals surface area contributed by atoms with Crippen LogP contribution in [0.25, 0.3) is 0 Å². The smallest absolute Gasteiger partial charge is 0.475 e. The zero-order valence-electron chi connectivity index (χ0n) is 22.2. The minimum atomic E-state index is -5.08. The van der Waals surface area contributed by atoms with E-state index in [4.69, 9.17) is 19.8 Å². The third-order valence-corrected chi connectivity index (χ3v) is 7.59. The first-order valence-electron chi connectivity index (χ1n) is 12.9. The quantitative estimate of drug-likeness (QED) is 0.392. The first kappa shape index (κ1) is 32.3. The number of nitrogens with one attached hydrogen (secondary N) is 1. The van der Waals surface area contributed by atoms with Crippen LogP contribution >= 0.6 is 0 Å². The molecule has 2 fully saturated rings. The molecule has 0 amide bonds. The van der Waals surface area contributed by atoms with Gasteiger partial charge in [-0.15, -0.1) is 0 Å². The fraction of sp³-hybridized carbons (Fsp3) is 0.577. The molecule has 228 valence electrons. The number of hydrogen-bond acceptors (Lipinski definition) is 6. The van der Waals surface area contributed by atoms with Gasteiger partial charge in [-0.2, -0.15) is 31.4 Å². The lowest BCUT2D eigenvalue weighted by atomic mass is 9.72. The van der Waals surface area contributed by atoms with Gasteiger partial charge in [0.2, 0.25) is 0 Å². The number of nitrogens with zero attached hydrogens (tertiary/aromatic N) is 3. The molecule has 15 heteroatoms. The number of carboxylic acid groups (broad SMARTS) is 2. The van der Waals surface area contributed by atoms with Gasteiger partial charge in [0, 0.05) is 17.7 Å². The number of carboxylic acids is 2. The Kier molecular flexibility index (Phi) is 10.1. The number of benzene rings is 1. The second-order valence-corrected chi connectivity index (χ2v) is 10.3. The number of aromatic nitrogens is 2. The van der Waals surface area contributed by atoms with Gasteiger partial charge in [0.25, 0.3) is 0 Å². The number of aliphatic hydroxyl groups excluding tert-OH is 1. The van der Waals surface area contributed by atoms with E-state index in [9.17, 15) is 31.4 Å². The summed E-state index contributed by atoms with van der Waals surface area (Å²) in [6.07, 6.45) is -5.88. The number of carbonyl (C=O) groups is 2. The first-order valence-corrected chi connectivity index (χ1v) is 12.9. The Hall–Kier alpha value is -3.17. The highest BCUT2D eigenvalue weighted by atomic mass is 19.4. The van der Waals surface area contributed by atoms with E-state index < -0.39 is 24.3 Å². The van der Waals surface area contributed by atoms with Crippen LogP contribution in [0.5, 0.6) is 0 Å². The minimum Gasteiger partial charge on any atom is -0.475 e. The Morgan fingerprint density at radius 1 is 0.976 bits per heavy atom. The molecule has 2 aliphatic heterocycles. The molecule has 9 nitrogen and oxygen atoms in total. The van der Waals surface area contributed by atoms with Crippen molar-refractivity contribution in [1.29, 1.82) is 0 Å². The zero-order chi connectivity index (χ0) is 30.6. The van der Waals surface area contributed by atoms with Crippen LogP contribution < -0.4 is 0 Å². The van der Waals surface area contributed by atoms with Gasteiger partial charge in [-0.1, -0.05) is 24.3 Å². The summed E-state index contributed by atoms with van der Waals surface area (Å²) in [4.78, 5) is 22.8. The molecule has 4 N–H and O–H groups in total. The Labute approximate surface area is 231 Å². The van der Waals surface area contributed by atoms with Crippen LogP contribution in [0.1, 0.15) is 54.2 Å². The second-order valence-electron chi connectivity index (χ2n) is 10.3. The highest BCUT2D eigenvalue weighted by molar-refractivity contribution is 5.73. The van der Waals surface area contributed by atoms with E-state index in [0.29, 0.717) is 0 Å². The van der Waals surface area contributed by atoms with Crippen LogP contribution in [0.15, 0.2) is 30.3 Å². The van der Waals surface area contributed by atoms with Gasteiger partial charge >= 0.3 is 24.3 Å². The lowest BCUT2D eigenvalue weighted by molar-refractivity contribution is -0.193. The van der Waals surface area contributed by atoms with E-state index >= 15 is 0 Å². The van der Waals surface area contributed by atoms with Gasteiger partial charge in [0.1, 0.15) is 0 Å². The molecule has 0 saturated carbocycles. The Morgan fingerprint density at radius 3 is 1.95 bits per heavy atom. The maximum absolute atomic E-state index is 11.5. The van der Waals surface area contributed by atoms with E-state index in [1.165, 1.54) is 24.0 Å². The highest BCUT2D eigenvalue weighted by Gasteiger charge is 2.54. The van der Waals surface area contributed by atoms with E-state index in [2.05, 4.69) is 50.3 Å². The zero-order valence-corrected chi connectivity index (χ0v) is 22.2. The Morgan fingerprint density at radius 2 is 1.49 bits per heavy atom. The summed E-state index contributed by atoms with van der Waals surface area (Å²) in [7, 11) is 0. The molecule has 5 rings (SSSR count). The van der Waals surface area contributed by atoms with Crippen molar-refractivity contribution in [3.63, 3.8) is 0 Å². The summed E-state index contributed by atoms with van der Waals surface area (Å²) in [5, 5.41) is 33.2. The standard InChI is InChI=1S/C22H30N4O.2C2HF3O2/c1-16-14-17(24-23-16)15-25-12-8-22(9-13-25)19-7-3-2-6-18(19)20(21(22)27)26-10-4-5-11-26;2*3-2(4,5)1(6)7/h2-3,6-7,14,20-21,27H,4-5,8-13,15H2,1H3,(H,23,24);2*(H,6,7)/t20-,21+;;/m1../s1. The predicted molar refractivity (Wildman–Crippen MR) is 133 cm³/mol. The Bertz CT molecular complexity index is 1160. The van der Waals surface area contributed by atoms with Crippen molar-refractivity contribution >= 4 is 11.9 Å². The van der Waals surface area contributed by atoms with Crippen LogP contribution in [-0.4, -0.2) is 91.9 Å². The molecule has 2 aromatic rings. The van der Waals surface area contributed by atoms with E-state index in [1.54, 1.807) is 0 Å². The van der Waals surface area contributed by atoms with E-state index in [1.807, 2.05) is 6.92 Å². The number of aliphatic hydroxyl groups is 1. The number of aryl methyl sites for hydroxylation is 1. The van der Waals surface area contributed by atoms with Crippen LogP contribution in [0.4, 0.5) is 26.3 Å². The SMILES string of the molecule is Cc1cc(CN2CCC3(CC2)c2ccccc2[C@@H](N2CCCC2)[C@@H]3O)n[nH]1.O=C(O)C(F)(F)F.O=C(O)C(F)(F)F. The van der Waals surface area contributed by atoms with Crippen molar-refractivity contribution in [2.75, 3.05) is 26.2 Å². The topological polar surface area (TPSA) is 130 Å². The normalized spacial score (nSPS) is 22.3. The number of piperidine rings is 1. The third-order valence-electron chi connectivity index (χ3n) is 7.59. The molecule has 0 radical (unpaired) electrons.